The Morgan fingerprint density at radius 2 is 1.70 bits per heavy atom. The summed E-state index contributed by atoms with van der Waals surface area (Å²) in [7, 11) is 0. The van der Waals surface area contributed by atoms with E-state index in [-0.39, 0.29) is 17.9 Å². The van der Waals surface area contributed by atoms with Gasteiger partial charge in [-0.05, 0) is 37.0 Å². The van der Waals surface area contributed by atoms with Crippen LogP contribution in [0.2, 0.25) is 0 Å². The quantitative estimate of drug-likeness (QED) is 0.746. The predicted molar refractivity (Wildman–Crippen MR) is 109 cm³/mol. The van der Waals surface area contributed by atoms with Crippen LogP contribution in [0.15, 0.2) is 48.0 Å². The summed E-state index contributed by atoms with van der Waals surface area (Å²) in [5, 5.41) is 11.0. The maximum absolute atomic E-state index is 14.6. The van der Waals surface area contributed by atoms with Crippen molar-refractivity contribution in [1.29, 1.82) is 0 Å². The molecule has 2 aromatic carbocycles. The summed E-state index contributed by atoms with van der Waals surface area (Å²) >= 11 is 0. The minimum Gasteiger partial charge on any atom is -0.486 e. The van der Waals surface area contributed by atoms with Crippen molar-refractivity contribution < 1.29 is 28.1 Å². The third-order valence-corrected chi connectivity index (χ3v) is 6.05. The first-order chi connectivity index (χ1) is 14.4. The molecule has 1 spiro atoms. The molecule has 1 N–H and O–H groups in total. The number of halogens is 2. The number of hydrogen-bond donors (Lipinski definition) is 1. The van der Waals surface area contributed by atoms with Crippen LogP contribution in [0.5, 0.6) is 5.75 Å². The summed E-state index contributed by atoms with van der Waals surface area (Å²) in [5.74, 6) is -1.98. The fourth-order valence-corrected chi connectivity index (χ4v) is 4.09. The molecule has 0 atom stereocenters. The first kappa shape index (κ1) is 21.0. The van der Waals surface area contributed by atoms with Gasteiger partial charge < -0.3 is 19.3 Å². The van der Waals surface area contributed by atoms with Crippen LogP contribution >= 0.6 is 0 Å². The Balaban J connectivity index is 1.46. The molecule has 4 nitrogen and oxygen atoms in total. The fourth-order valence-electron chi connectivity index (χ4n) is 4.09. The van der Waals surface area contributed by atoms with Crippen LogP contribution in [0.3, 0.4) is 0 Å². The van der Waals surface area contributed by atoms with Gasteiger partial charge in [0.25, 0.3) is 0 Å². The van der Waals surface area contributed by atoms with Crippen molar-refractivity contribution >= 4 is 6.08 Å². The Hall–Kier alpha value is -2.28. The third-order valence-electron chi connectivity index (χ3n) is 6.05. The van der Waals surface area contributed by atoms with E-state index in [9.17, 15) is 13.9 Å². The average molecular weight is 416 g/mol. The van der Waals surface area contributed by atoms with Gasteiger partial charge in [-0.1, -0.05) is 36.4 Å². The second kappa shape index (κ2) is 8.46. The summed E-state index contributed by atoms with van der Waals surface area (Å²) in [5.41, 5.74) is 0.446. The first-order valence-electron chi connectivity index (χ1n) is 10.2. The normalized spacial score (nSPS) is 20.5. The smallest absolute Gasteiger partial charge is 0.168 e. The second-order valence-electron chi connectivity index (χ2n) is 8.04. The summed E-state index contributed by atoms with van der Waals surface area (Å²) < 4.78 is 46.0. The number of hydrogen-bond acceptors (Lipinski definition) is 4. The van der Waals surface area contributed by atoms with Gasteiger partial charge in [-0.25, -0.2) is 8.78 Å². The molecule has 0 unspecified atom stereocenters. The van der Waals surface area contributed by atoms with Gasteiger partial charge in [-0.3, -0.25) is 0 Å². The van der Waals surface area contributed by atoms with Crippen molar-refractivity contribution in [2.75, 3.05) is 13.2 Å². The monoisotopic (exact) mass is 416 g/mol. The Labute approximate surface area is 175 Å². The molecule has 1 heterocycles. The molecule has 1 saturated carbocycles. The van der Waals surface area contributed by atoms with E-state index in [1.165, 1.54) is 6.08 Å². The molecule has 1 saturated heterocycles. The van der Waals surface area contributed by atoms with E-state index >= 15 is 0 Å². The molecular formula is C24H26F2O4. The molecule has 2 aromatic rings. The van der Waals surface area contributed by atoms with Crippen molar-refractivity contribution in [3.63, 3.8) is 0 Å². The Morgan fingerprint density at radius 3 is 2.37 bits per heavy atom. The van der Waals surface area contributed by atoms with Crippen molar-refractivity contribution in [2.24, 2.45) is 0 Å². The van der Waals surface area contributed by atoms with E-state index in [1.54, 1.807) is 6.92 Å². The molecule has 0 radical (unpaired) electrons. The molecule has 6 heteroatoms. The molecule has 0 amide bonds. The van der Waals surface area contributed by atoms with Gasteiger partial charge in [0.15, 0.2) is 17.4 Å². The summed E-state index contributed by atoms with van der Waals surface area (Å²) in [6.07, 6.45) is 3.53. The number of aliphatic hydroxyl groups is 1. The van der Waals surface area contributed by atoms with Crippen molar-refractivity contribution in [3.05, 3.63) is 70.8 Å². The highest BCUT2D eigenvalue weighted by molar-refractivity contribution is 5.56. The first-order valence-corrected chi connectivity index (χ1v) is 10.2. The van der Waals surface area contributed by atoms with Crippen molar-refractivity contribution in [1.82, 2.24) is 0 Å². The van der Waals surface area contributed by atoms with Gasteiger partial charge in [0, 0.05) is 24.5 Å². The minimum absolute atomic E-state index is 0.0825. The Kier molecular flexibility index (Phi) is 5.91. The van der Waals surface area contributed by atoms with Crippen LogP contribution in [0, 0.1) is 11.6 Å². The molecule has 0 bridgehead atoms. The van der Waals surface area contributed by atoms with Gasteiger partial charge in [0.2, 0.25) is 0 Å². The van der Waals surface area contributed by atoms with Crippen LogP contribution in [0.4, 0.5) is 8.78 Å². The molecule has 4 rings (SSSR count). The van der Waals surface area contributed by atoms with Gasteiger partial charge in [-0.2, -0.15) is 0 Å². The van der Waals surface area contributed by atoms with E-state index < -0.39 is 23.0 Å². The SMILES string of the molecule is C/C(=C\c1cc(F)c(OCc2ccccc2)cc1F)C1(O)CCC2(CC1)OCCO2. The number of benzene rings is 2. The van der Waals surface area contributed by atoms with Crippen molar-refractivity contribution in [2.45, 2.75) is 50.6 Å². The maximum atomic E-state index is 14.6. The molecule has 1 aliphatic heterocycles. The lowest BCUT2D eigenvalue weighted by Gasteiger charge is -2.41. The maximum Gasteiger partial charge on any atom is 0.168 e. The zero-order valence-corrected chi connectivity index (χ0v) is 17.0. The fraction of sp³-hybridized carbons (Fsp3) is 0.417. The zero-order valence-electron chi connectivity index (χ0n) is 17.0. The van der Waals surface area contributed by atoms with E-state index in [0.717, 1.165) is 17.7 Å². The van der Waals surface area contributed by atoms with Crippen LogP contribution < -0.4 is 4.74 Å². The second-order valence-corrected chi connectivity index (χ2v) is 8.04. The van der Waals surface area contributed by atoms with E-state index in [4.69, 9.17) is 14.2 Å². The van der Waals surface area contributed by atoms with Crippen LogP contribution in [-0.2, 0) is 16.1 Å². The predicted octanol–water partition coefficient (Wildman–Crippen LogP) is 5.00. The Bertz CT molecular complexity index is 910. The van der Waals surface area contributed by atoms with E-state index in [2.05, 4.69) is 0 Å². The number of rotatable bonds is 5. The number of ether oxygens (including phenoxy) is 3. The van der Waals surface area contributed by atoms with Gasteiger partial charge in [0.05, 0.1) is 18.8 Å². The van der Waals surface area contributed by atoms with E-state index in [0.29, 0.717) is 44.5 Å². The summed E-state index contributed by atoms with van der Waals surface area (Å²) in [6, 6.07) is 11.5. The molecule has 0 aromatic heterocycles. The van der Waals surface area contributed by atoms with Crippen LogP contribution in [-0.4, -0.2) is 29.7 Å². The van der Waals surface area contributed by atoms with Crippen LogP contribution in [0.25, 0.3) is 6.08 Å². The summed E-state index contributed by atoms with van der Waals surface area (Å²) in [4.78, 5) is 0. The van der Waals surface area contributed by atoms with Crippen LogP contribution in [0.1, 0.15) is 43.7 Å². The zero-order chi connectivity index (χ0) is 21.2. The van der Waals surface area contributed by atoms with Gasteiger partial charge >= 0.3 is 0 Å². The molecule has 2 aliphatic rings. The lowest BCUT2D eigenvalue weighted by Crippen LogP contribution is -2.44. The molecular weight excluding hydrogens is 390 g/mol. The highest BCUT2D eigenvalue weighted by Gasteiger charge is 2.46. The minimum atomic E-state index is -1.09. The molecule has 2 fully saturated rings. The lowest BCUT2D eigenvalue weighted by molar-refractivity contribution is -0.197. The molecule has 160 valence electrons. The average Bonchev–Trinajstić information content (AvgIpc) is 3.21. The Morgan fingerprint density at radius 1 is 1.03 bits per heavy atom. The topological polar surface area (TPSA) is 47.9 Å². The van der Waals surface area contributed by atoms with Crippen molar-refractivity contribution in [3.8, 4) is 5.75 Å². The van der Waals surface area contributed by atoms with E-state index in [1.807, 2.05) is 30.3 Å². The standard InChI is InChI=1S/C24H26F2O4/c1-17(23(27)7-9-24(10-8-23)29-11-12-30-24)13-19-14-21(26)22(15-20(19)25)28-16-18-5-3-2-4-6-18/h2-6,13-15,27H,7-12,16H2,1H3/b17-13+. The van der Waals surface area contributed by atoms with Gasteiger partial charge in [0.1, 0.15) is 12.4 Å². The molecule has 1 aliphatic carbocycles. The largest absolute Gasteiger partial charge is 0.486 e. The lowest BCUT2D eigenvalue weighted by atomic mass is 9.76. The van der Waals surface area contributed by atoms with Gasteiger partial charge in [-0.15, -0.1) is 0 Å². The highest BCUT2D eigenvalue weighted by Crippen LogP contribution is 2.43. The summed E-state index contributed by atoms with van der Waals surface area (Å²) in [6.45, 7) is 3.02. The molecule has 30 heavy (non-hydrogen) atoms. The third kappa shape index (κ3) is 4.41. The highest BCUT2D eigenvalue weighted by atomic mass is 19.1.